The molecule has 2 rings (SSSR count). The lowest BCUT2D eigenvalue weighted by Crippen LogP contribution is -2.36. The van der Waals surface area contributed by atoms with Gasteiger partial charge < -0.3 is 0 Å². The first-order valence-corrected chi connectivity index (χ1v) is 5.28. The summed E-state index contributed by atoms with van der Waals surface area (Å²) < 4.78 is 0.895. The second-order valence-electron chi connectivity index (χ2n) is 3.01. The molecule has 1 heterocycles. The molecule has 0 aliphatic carbocycles. The van der Waals surface area contributed by atoms with E-state index in [9.17, 15) is 0 Å². The second-order valence-corrected chi connectivity index (χ2v) is 4.31. The predicted molar refractivity (Wildman–Crippen MR) is 61.9 cm³/mol. The van der Waals surface area contributed by atoms with Crippen molar-refractivity contribution in [3.05, 3.63) is 39.6 Å². The topological polar surface area (TPSA) is 27.3 Å². The standard InChI is InChI=1S/C9H9BrClN3/c1-6-4-7(11)2-3-8(6)14-5-9(10)12-13-14/h2-5,12-13H,1H3. The van der Waals surface area contributed by atoms with E-state index < -0.39 is 0 Å². The molecule has 0 unspecified atom stereocenters. The predicted octanol–water partition coefficient (Wildman–Crippen LogP) is 2.67. The lowest BCUT2D eigenvalue weighted by molar-refractivity contribution is 0.675. The molecule has 0 bridgehead atoms. The Hall–Kier alpha value is -0.710. The molecule has 0 atom stereocenters. The fourth-order valence-electron chi connectivity index (χ4n) is 1.31. The van der Waals surface area contributed by atoms with Gasteiger partial charge in [-0.25, -0.2) is 0 Å². The number of benzene rings is 1. The van der Waals surface area contributed by atoms with E-state index in [0.29, 0.717) is 0 Å². The van der Waals surface area contributed by atoms with Gasteiger partial charge in [0, 0.05) is 5.02 Å². The van der Waals surface area contributed by atoms with E-state index in [1.54, 1.807) is 0 Å². The number of hydrogen-bond donors (Lipinski definition) is 2. The molecular formula is C9H9BrClN3. The summed E-state index contributed by atoms with van der Waals surface area (Å²) in [5.41, 5.74) is 8.10. The van der Waals surface area contributed by atoms with Crippen molar-refractivity contribution in [3.8, 4) is 0 Å². The van der Waals surface area contributed by atoms with E-state index in [-0.39, 0.29) is 0 Å². The second kappa shape index (κ2) is 3.81. The van der Waals surface area contributed by atoms with Gasteiger partial charge in [0.05, 0.1) is 11.9 Å². The maximum atomic E-state index is 5.87. The molecule has 1 aromatic carbocycles. The summed E-state index contributed by atoms with van der Waals surface area (Å²) in [5, 5.41) is 2.64. The van der Waals surface area contributed by atoms with Gasteiger partial charge in [-0.05, 0) is 46.6 Å². The highest BCUT2D eigenvalue weighted by atomic mass is 79.9. The minimum Gasteiger partial charge on any atom is -0.296 e. The van der Waals surface area contributed by atoms with E-state index in [4.69, 9.17) is 11.6 Å². The quantitative estimate of drug-likeness (QED) is 0.771. The Balaban J connectivity index is 2.33. The van der Waals surface area contributed by atoms with Gasteiger partial charge in [-0.15, -0.1) is 5.53 Å². The molecule has 0 fully saturated rings. The van der Waals surface area contributed by atoms with Crippen LogP contribution in [-0.4, -0.2) is 0 Å². The Morgan fingerprint density at radius 3 is 2.79 bits per heavy atom. The normalized spacial score (nSPS) is 15.4. The number of hydrazine groups is 2. The van der Waals surface area contributed by atoms with Crippen LogP contribution in [0.1, 0.15) is 5.56 Å². The van der Waals surface area contributed by atoms with Crippen LogP contribution in [0.3, 0.4) is 0 Å². The summed E-state index contributed by atoms with van der Waals surface area (Å²) in [4.78, 5) is 0. The zero-order chi connectivity index (χ0) is 10.1. The molecule has 74 valence electrons. The van der Waals surface area contributed by atoms with Gasteiger partial charge in [-0.3, -0.25) is 10.4 Å². The first-order chi connectivity index (χ1) is 6.66. The first kappa shape index (κ1) is 9.83. The Morgan fingerprint density at radius 2 is 2.21 bits per heavy atom. The van der Waals surface area contributed by atoms with Crippen LogP contribution in [0.15, 0.2) is 29.0 Å². The third-order valence-electron chi connectivity index (χ3n) is 1.96. The lowest BCUT2D eigenvalue weighted by Gasteiger charge is -2.17. The van der Waals surface area contributed by atoms with Gasteiger partial charge >= 0.3 is 0 Å². The molecule has 1 aliphatic rings. The lowest BCUT2D eigenvalue weighted by atomic mass is 10.2. The van der Waals surface area contributed by atoms with Crippen molar-refractivity contribution >= 4 is 33.2 Å². The van der Waals surface area contributed by atoms with Crippen LogP contribution in [0.25, 0.3) is 0 Å². The SMILES string of the molecule is Cc1cc(Cl)ccc1N1C=C(Br)NN1. The average molecular weight is 275 g/mol. The molecule has 14 heavy (non-hydrogen) atoms. The molecule has 0 saturated carbocycles. The Bertz CT molecular complexity index is 392. The summed E-state index contributed by atoms with van der Waals surface area (Å²) in [6.07, 6.45) is 1.91. The molecule has 0 radical (unpaired) electrons. The van der Waals surface area contributed by atoms with Crippen LogP contribution in [-0.2, 0) is 0 Å². The van der Waals surface area contributed by atoms with Gasteiger partial charge in [0.1, 0.15) is 4.61 Å². The number of halogens is 2. The van der Waals surface area contributed by atoms with Crippen molar-refractivity contribution in [2.75, 3.05) is 5.01 Å². The maximum Gasteiger partial charge on any atom is 0.112 e. The molecule has 1 aliphatic heterocycles. The van der Waals surface area contributed by atoms with Crippen molar-refractivity contribution in [3.63, 3.8) is 0 Å². The molecule has 0 amide bonds. The molecule has 3 nitrogen and oxygen atoms in total. The molecular weight excluding hydrogens is 265 g/mol. The van der Waals surface area contributed by atoms with Gasteiger partial charge in [0.25, 0.3) is 0 Å². The van der Waals surface area contributed by atoms with Gasteiger partial charge in [0.2, 0.25) is 0 Å². The minimum atomic E-state index is 0.751. The third-order valence-corrected chi connectivity index (χ3v) is 2.59. The number of aryl methyl sites for hydroxylation is 1. The zero-order valence-electron chi connectivity index (χ0n) is 7.51. The molecule has 5 heteroatoms. The van der Waals surface area contributed by atoms with Gasteiger partial charge in [-0.2, -0.15) is 0 Å². The Morgan fingerprint density at radius 1 is 1.43 bits per heavy atom. The van der Waals surface area contributed by atoms with Crippen LogP contribution >= 0.6 is 27.5 Å². The zero-order valence-corrected chi connectivity index (χ0v) is 9.85. The van der Waals surface area contributed by atoms with Gasteiger partial charge in [-0.1, -0.05) is 11.6 Å². The molecule has 0 spiro atoms. The van der Waals surface area contributed by atoms with Gasteiger partial charge in [0.15, 0.2) is 0 Å². The van der Waals surface area contributed by atoms with Crippen LogP contribution in [0.5, 0.6) is 0 Å². The third kappa shape index (κ3) is 1.87. The molecule has 0 aromatic heterocycles. The molecule has 1 aromatic rings. The highest BCUT2D eigenvalue weighted by molar-refractivity contribution is 9.11. The number of hydrogen-bond acceptors (Lipinski definition) is 3. The fraction of sp³-hybridized carbons (Fsp3) is 0.111. The number of rotatable bonds is 1. The van der Waals surface area contributed by atoms with Crippen molar-refractivity contribution in [2.24, 2.45) is 0 Å². The molecule has 2 N–H and O–H groups in total. The van der Waals surface area contributed by atoms with Crippen molar-refractivity contribution in [2.45, 2.75) is 6.92 Å². The number of nitrogens with one attached hydrogen (secondary N) is 2. The smallest absolute Gasteiger partial charge is 0.112 e. The maximum absolute atomic E-state index is 5.87. The Labute approximate surface area is 95.8 Å². The van der Waals surface area contributed by atoms with Crippen molar-refractivity contribution < 1.29 is 0 Å². The fourth-order valence-corrected chi connectivity index (χ4v) is 1.83. The van der Waals surface area contributed by atoms with E-state index in [0.717, 1.165) is 20.9 Å². The van der Waals surface area contributed by atoms with E-state index in [1.165, 1.54) is 0 Å². The minimum absolute atomic E-state index is 0.751. The van der Waals surface area contributed by atoms with Crippen LogP contribution in [0.4, 0.5) is 5.69 Å². The van der Waals surface area contributed by atoms with Crippen molar-refractivity contribution in [1.29, 1.82) is 0 Å². The summed E-state index contributed by atoms with van der Waals surface area (Å²) in [6, 6.07) is 5.76. The summed E-state index contributed by atoms with van der Waals surface area (Å²) in [7, 11) is 0. The number of anilines is 1. The van der Waals surface area contributed by atoms with Crippen molar-refractivity contribution in [1.82, 2.24) is 11.0 Å². The monoisotopic (exact) mass is 273 g/mol. The summed E-state index contributed by atoms with van der Waals surface area (Å²) in [5.74, 6) is 0. The van der Waals surface area contributed by atoms with E-state index in [2.05, 4.69) is 26.9 Å². The highest BCUT2D eigenvalue weighted by Gasteiger charge is 2.12. The van der Waals surface area contributed by atoms with E-state index in [1.807, 2.05) is 36.3 Å². The average Bonchev–Trinajstić information content (AvgIpc) is 2.51. The first-order valence-electron chi connectivity index (χ1n) is 4.11. The highest BCUT2D eigenvalue weighted by Crippen LogP contribution is 2.24. The summed E-state index contributed by atoms with van der Waals surface area (Å²) in [6.45, 7) is 2.02. The summed E-state index contributed by atoms with van der Waals surface area (Å²) >= 11 is 9.21. The largest absolute Gasteiger partial charge is 0.296 e. The Kier molecular flexibility index (Phi) is 2.67. The number of nitrogens with zero attached hydrogens (tertiary/aromatic N) is 1. The van der Waals surface area contributed by atoms with Crippen LogP contribution < -0.4 is 16.0 Å². The van der Waals surface area contributed by atoms with E-state index >= 15 is 0 Å². The van der Waals surface area contributed by atoms with Crippen LogP contribution in [0, 0.1) is 6.92 Å². The van der Waals surface area contributed by atoms with Crippen LogP contribution in [0.2, 0.25) is 5.02 Å². The molecule has 0 saturated heterocycles.